The molecular formula is C16H19B3N2O4. The fourth-order valence-corrected chi connectivity index (χ4v) is 2.39. The third-order valence-corrected chi connectivity index (χ3v) is 3.45. The number of carbonyl (C=O) groups excluding carboxylic acids is 2. The molecule has 9 heteroatoms. The van der Waals surface area contributed by atoms with E-state index in [1.54, 1.807) is 20.8 Å². The monoisotopic (exact) mass is 336 g/mol. The van der Waals surface area contributed by atoms with Crippen molar-refractivity contribution in [2.45, 2.75) is 50.2 Å². The lowest BCUT2D eigenvalue weighted by Gasteiger charge is -2.52. The Morgan fingerprint density at radius 1 is 1.20 bits per heavy atom. The van der Waals surface area contributed by atoms with Gasteiger partial charge in [0.1, 0.15) is 18.2 Å². The maximum atomic E-state index is 12.3. The van der Waals surface area contributed by atoms with Crippen molar-refractivity contribution >= 4 is 35.5 Å². The zero-order chi connectivity index (χ0) is 18.8. The fourth-order valence-electron chi connectivity index (χ4n) is 2.39. The molecular weight excluding hydrogens is 317 g/mol. The summed E-state index contributed by atoms with van der Waals surface area (Å²) in [7, 11) is 17.2. The van der Waals surface area contributed by atoms with Gasteiger partial charge in [0.05, 0.1) is 29.6 Å². The Hall–Kier alpha value is -1.89. The van der Waals surface area contributed by atoms with Gasteiger partial charge < -0.3 is 10.1 Å². The first kappa shape index (κ1) is 19.4. The molecule has 0 spiro atoms. The smallest absolute Gasteiger partial charge is 0.408 e. The van der Waals surface area contributed by atoms with E-state index in [0.717, 1.165) is 10.6 Å². The highest BCUT2D eigenvalue weighted by molar-refractivity contribution is 6.60. The van der Waals surface area contributed by atoms with E-state index in [1.807, 2.05) is 30.3 Å². The van der Waals surface area contributed by atoms with Crippen LogP contribution in [0.4, 0.5) is 4.79 Å². The second-order valence-corrected chi connectivity index (χ2v) is 6.99. The number of nitrogens with one attached hydrogen (secondary N) is 1. The lowest BCUT2D eigenvalue weighted by atomic mass is 9.37. The molecule has 2 unspecified atom stereocenters. The van der Waals surface area contributed by atoms with Crippen molar-refractivity contribution in [2.75, 3.05) is 0 Å². The second-order valence-electron chi connectivity index (χ2n) is 6.99. The number of alkyl carbamates (subject to hydrolysis) is 1. The van der Waals surface area contributed by atoms with E-state index in [1.165, 1.54) is 0 Å². The van der Waals surface area contributed by atoms with Crippen LogP contribution in [0, 0.1) is 0 Å². The van der Waals surface area contributed by atoms with Gasteiger partial charge >= 0.3 is 6.09 Å². The van der Waals surface area contributed by atoms with Crippen LogP contribution < -0.4 is 5.32 Å². The summed E-state index contributed by atoms with van der Waals surface area (Å²) in [6, 6.07) is 7.29. The highest BCUT2D eigenvalue weighted by Crippen LogP contribution is 2.34. The van der Waals surface area contributed by atoms with E-state index in [0.29, 0.717) is 0 Å². The summed E-state index contributed by atoms with van der Waals surface area (Å²) >= 11 is 0. The van der Waals surface area contributed by atoms with Crippen molar-refractivity contribution in [1.29, 1.82) is 0 Å². The molecule has 2 amide bonds. The fraction of sp³-hybridized carbons (Fsp3) is 0.500. The van der Waals surface area contributed by atoms with Gasteiger partial charge in [0.2, 0.25) is 0 Å². The highest BCUT2D eigenvalue weighted by atomic mass is 16.7. The summed E-state index contributed by atoms with van der Waals surface area (Å²) in [5.74, 6) is -0.502. The van der Waals surface area contributed by atoms with Crippen molar-refractivity contribution in [2.24, 2.45) is 0 Å². The summed E-state index contributed by atoms with van der Waals surface area (Å²) in [5.41, 5.74) is 0.149. The lowest BCUT2D eigenvalue weighted by molar-refractivity contribution is -0.240. The summed E-state index contributed by atoms with van der Waals surface area (Å²) in [5, 5.41) is 1.67. The van der Waals surface area contributed by atoms with Crippen molar-refractivity contribution < 1.29 is 19.2 Å². The molecule has 0 aliphatic carbocycles. The van der Waals surface area contributed by atoms with Crippen LogP contribution in [-0.2, 0) is 21.0 Å². The van der Waals surface area contributed by atoms with Crippen LogP contribution >= 0.6 is 0 Å². The number of hydrogen-bond acceptors (Lipinski definition) is 4. The Balaban J connectivity index is 2.02. The molecule has 1 saturated heterocycles. The third kappa shape index (κ3) is 5.04. The van der Waals surface area contributed by atoms with E-state index >= 15 is 0 Å². The molecule has 1 heterocycles. The molecule has 0 saturated carbocycles. The van der Waals surface area contributed by atoms with Crippen molar-refractivity contribution in [3.05, 3.63) is 35.9 Å². The largest absolute Gasteiger partial charge is 0.444 e. The molecule has 126 valence electrons. The first-order valence-electron chi connectivity index (χ1n) is 7.85. The molecule has 0 aromatic heterocycles. The molecule has 1 aliphatic heterocycles. The van der Waals surface area contributed by atoms with E-state index in [-0.39, 0.29) is 6.61 Å². The number of ether oxygens (including phenoxy) is 1. The van der Waals surface area contributed by atoms with Gasteiger partial charge in [-0.15, -0.1) is 5.11 Å². The molecule has 6 nitrogen and oxygen atoms in total. The van der Waals surface area contributed by atoms with Crippen LogP contribution in [0.5, 0.6) is 0 Å². The number of amides is 2. The lowest BCUT2D eigenvalue weighted by Crippen LogP contribution is -2.74. The minimum atomic E-state index is -1.76. The number of rotatable bonds is 5. The summed E-state index contributed by atoms with van der Waals surface area (Å²) < 4.78 is 5.13. The standard InChI is InChI=1S/C16H19B3N2O4/c1-15(2,3)25-14(23)20-11-12(16(17,18)19)21(13(11)22)24-9-10-7-5-4-6-8-10/h4-8,11-12H,9H2,1-3H3,(H,20,23). The molecule has 1 N–H and O–H groups in total. The number of β-lactam (4-membered cyclic amide) rings is 1. The molecule has 1 aromatic carbocycles. The average Bonchev–Trinajstić information content (AvgIpc) is 2.47. The summed E-state index contributed by atoms with van der Waals surface area (Å²) in [4.78, 5) is 29.7. The van der Waals surface area contributed by atoms with E-state index in [4.69, 9.17) is 33.1 Å². The van der Waals surface area contributed by atoms with Gasteiger partial charge in [-0.2, -0.15) is 0 Å². The number of carbonyl (C=O) groups is 2. The molecule has 1 aliphatic rings. The molecule has 1 fully saturated rings. The van der Waals surface area contributed by atoms with Gasteiger partial charge in [-0.05, 0) is 26.3 Å². The molecule has 0 bridgehead atoms. The zero-order valence-corrected chi connectivity index (χ0v) is 14.6. The van der Waals surface area contributed by atoms with Crippen LogP contribution in [0.25, 0.3) is 0 Å². The van der Waals surface area contributed by atoms with Gasteiger partial charge in [-0.3, -0.25) is 9.63 Å². The van der Waals surface area contributed by atoms with Gasteiger partial charge in [-0.1, -0.05) is 30.3 Å². The number of hydroxylamine groups is 2. The maximum absolute atomic E-state index is 12.3. The SMILES string of the molecule is [B]C([B])([B])C1C(NC(=O)OC(C)(C)C)C(=O)N1OCc1ccccc1. The van der Waals surface area contributed by atoms with Crippen molar-refractivity contribution in [1.82, 2.24) is 10.4 Å². The summed E-state index contributed by atoms with van der Waals surface area (Å²) in [6.07, 6.45) is -0.761. The topological polar surface area (TPSA) is 67.9 Å². The van der Waals surface area contributed by atoms with Gasteiger partial charge in [0, 0.05) is 0 Å². The molecule has 6 radical (unpaired) electrons. The minimum Gasteiger partial charge on any atom is -0.444 e. The van der Waals surface area contributed by atoms with E-state index in [2.05, 4.69) is 5.32 Å². The van der Waals surface area contributed by atoms with Gasteiger partial charge in [-0.25, -0.2) is 9.86 Å². The normalized spacial score (nSPS) is 20.8. The third-order valence-electron chi connectivity index (χ3n) is 3.45. The predicted molar refractivity (Wildman–Crippen MR) is 95.0 cm³/mol. The van der Waals surface area contributed by atoms with E-state index < -0.39 is 34.8 Å². The molecule has 1 aromatic rings. The predicted octanol–water partition coefficient (Wildman–Crippen LogP) is 0.801. The Morgan fingerprint density at radius 3 is 2.32 bits per heavy atom. The maximum Gasteiger partial charge on any atom is 0.408 e. The van der Waals surface area contributed by atoms with Crippen LogP contribution in [0.1, 0.15) is 26.3 Å². The quantitative estimate of drug-likeness (QED) is 0.638. The Labute approximate surface area is 151 Å². The van der Waals surface area contributed by atoms with Crippen molar-refractivity contribution in [3.8, 4) is 0 Å². The highest BCUT2D eigenvalue weighted by Gasteiger charge is 2.54. The van der Waals surface area contributed by atoms with Gasteiger partial charge in [0.25, 0.3) is 5.91 Å². The average molecular weight is 336 g/mol. The summed E-state index contributed by atoms with van der Waals surface area (Å²) in [6.45, 7) is 5.27. The first-order valence-corrected chi connectivity index (χ1v) is 7.85. The van der Waals surface area contributed by atoms with E-state index in [9.17, 15) is 9.59 Å². The van der Waals surface area contributed by atoms with Crippen LogP contribution in [0.2, 0.25) is 5.11 Å². The van der Waals surface area contributed by atoms with Crippen LogP contribution in [-0.4, -0.2) is 58.3 Å². The number of nitrogens with zero attached hydrogens (tertiary/aromatic N) is 1. The first-order chi connectivity index (χ1) is 11.5. The zero-order valence-electron chi connectivity index (χ0n) is 14.6. The van der Waals surface area contributed by atoms with Gasteiger partial charge in [0.15, 0.2) is 0 Å². The van der Waals surface area contributed by atoms with Crippen molar-refractivity contribution in [3.63, 3.8) is 0 Å². The number of benzene rings is 1. The Bertz CT molecular complexity index is 629. The molecule has 25 heavy (non-hydrogen) atoms. The Kier molecular flexibility index (Phi) is 5.57. The number of hydrogen-bond donors (Lipinski definition) is 1. The van der Waals surface area contributed by atoms with Crippen LogP contribution in [0.15, 0.2) is 30.3 Å². The second kappa shape index (κ2) is 7.16. The minimum absolute atomic E-state index is 0.137. The molecule has 2 atom stereocenters. The van der Waals surface area contributed by atoms with Crippen LogP contribution in [0.3, 0.4) is 0 Å². The molecule has 2 rings (SSSR count). The Morgan fingerprint density at radius 2 is 1.80 bits per heavy atom.